The van der Waals surface area contributed by atoms with Gasteiger partial charge < -0.3 is 9.88 Å². The van der Waals surface area contributed by atoms with Crippen LogP contribution >= 0.6 is 0 Å². The molecule has 2 N–H and O–H groups in total. The van der Waals surface area contributed by atoms with Crippen LogP contribution < -0.4 is 10.0 Å². The van der Waals surface area contributed by atoms with Gasteiger partial charge in [0.05, 0.1) is 21.7 Å². The summed E-state index contributed by atoms with van der Waals surface area (Å²) in [6.45, 7) is 2.83. The van der Waals surface area contributed by atoms with Gasteiger partial charge in [-0.25, -0.2) is 8.42 Å². The number of carbonyl (C=O) groups excluding carboxylic acids is 1. The van der Waals surface area contributed by atoms with Crippen molar-refractivity contribution in [1.82, 2.24) is 4.57 Å². The van der Waals surface area contributed by atoms with Crippen LogP contribution in [0.3, 0.4) is 0 Å². The zero-order chi connectivity index (χ0) is 27.1. The number of rotatable bonds is 6. The smallest absolute Gasteiger partial charge is 0.341 e. The third kappa shape index (κ3) is 4.70. The maximum Gasteiger partial charge on any atom is 0.416 e. The van der Waals surface area contributed by atoms with Gasteiger partial charge in [-0.1, -0.05) is 36.4 Å². The zero-order valence-electron chi connectivity index (χ0n) is 20.1. The van der Waals surface area contributed by atoms with Crippen LogP contribution in [0, 0.1) is 0 Å². The zero-order valence-corrected chi connectivity index (χ0v) is 20.9. The molecule has 0 fully saturated rings. The van der Waals surface area contributed by atoms with Crippen molar-refractivity contribution in [3.8, 4) is 0 Å². The Kier molecular flexibility index (Phi) is 6.36. The highest BCUT2D eigenvalue weighted by atomic mass is 32.2. The first-order chi connectivity index (χ1) is 18.1. The molecule has 1 amide bonds. The van der Waals surface area contributed by atoms with Crippen molar-refractivity contribution in [2.24, 2.45) is 0 Å². The highest BCUT2D eigenvalue weighted by Gasteiger charge is 2.32. The summed E-state index contributed by atoms with van der Waals surface area (Å²) in [6, 6.07) is 22.8. The second kappa shape index (κ2) is 9.53. The molecule has 5 rings (SSSR count). The molecule has 0 saturated carbocycles. The Bertz CT molecular complexity index is 1790. The predicted molar refractivity (Wildman–Crippen MR) is 142 cm³/mol. The molecule has 0 spiro atoms. The number of sulfonamides is 1. The number of hydrogen-bond acceptors (Lipinski definition) is 3. The van der Waals surface area contributed by atoms with E-state index < -0.39 is 32.6 Å². The van der Waals surface area contributed by atoms with Gasteiger partial charge in [0.15, 0.2) is 0 Å². The van der Waals surface area contributed by atoms with Crippen LogP contribution in [-0.4, -0.2) is 18.9 Å². The average molecular weight is 538 g/mol. The van der Waals surface area contributed by atoms with Crippen LogP contribution in [0.25, 0.3) is 21.8 Å². The summed E-state index contributed by atoms with van der Waals surface area (Å²) in [5, 5.41) is 4.80. The summed E-state index contributed by atoms with van der Waals surface area (Å²) >= 11 is 0. The summed E-state index contributed by atoms with van der Waals surface area (Å²) in [7, 11) is -4.41. The lowest BCUT2D eigenvalue weighted by molar-refractivity contribution is -0.137. The van der Waals surface area contributed by atoms with Crippen LogP contribution in [0.5, 0.6) is 0 Å². The summed E-state index contributed by atoms with van der Waals surface area (Å²) in [4.78, 5) is 12.6. The van der Waals surface area contributed by atoms with Gasteiger partial charge in [0.1, 0.15) is 0 Å². The number of para-hydroxylation sites is 2. The number of nitrogens with zero attached hydrogens (tertiary/aromatic N) is 1. The molecule has 10 heteroatoms. The monoisotopic (exact) mass is 537 g/mol. The van der Waals surface area contributed by atoms with E-state index in [0.717, 1.165) is 46.5 Å². The van der Waals surface area contributed by atoms with Crippen molar-refractivity contribution in [1.29, 1.82) is 0 Å². The van der Waals surface area contributed by atoms with Crippen LogP contribution in [0.4, 0.5) is 24.5 Å². The molecule has 0 aliphatic heterocycles. The van der Waals surface area contributed by atoms with Gasteiger partial charge >= 0.3 is 6.18 Å². The fourth-order valence-electron chi connectivity index (χ4n) is 4.48. The van der Waals surface area contributed by atoms with E-state index >= 15 is 0 Å². The van der Waals surface area contributed by atoms with Crippen LogP contribution in [0.15, 0.2) is 95.9 Å². The molecule has 1 aromatic heterocycles. The molecule has 0 bridgehead atoms. The van der Waals surface area contributed by atoms with Gasteiger partial charge in [-0.3, -0.25) is 9.52 Å². The lowest BCUT2D eigenvalue weighted by Gasteiger charge is -2.14. The molecule has 0 unspecified atom stereocenters. The largest absolute Gasteiger partial charge is 0.416 e. The maximum absolute atomic E-state index is 13.2. The summed E-state index contributed by atoms with van der Waals surface area (Å²) in [6.07, 6.45) is -4.70. The van der Waals surface area contributed by atoms with E-state index in [-0.39, 0.29) is 11.3 Å². The van der Waals surface area contributed by atoms with E-state index in [1.807, 2.05) is 36.4 Å². The Balaban J connectivity index is 1.45. The van der Waals surface area contributed by atoms with Gasteiger partial charge in [0.25, 0.3) is 15.9 Å². The molecule has 5 aromatic rings. The van der Waals surface area contributed by atoms with Gasteiger partial charge in [-0.2, -0.15) is 13.2 Å². The van der Waals surface area contributed by atoms with Crippen LogP contribution in [-0.2, 0) is 22.7 Å². The molecule has 194 valence electrons. The van der Waals surface area contributed by atoms with Crippen molar-refractivity contribution < 1.29 is 26.4 Å². The minimum absolute atomic E-state index is 0.0131. The highest BCUT2D eigenvalue weighted by Crippen LogP contribution is 2.33. The summed E-state index contributed by atoms with van der Waals surface area (Å²) < 4.78 is 69.5. The maximum atomic E-state index is 13.2. The van der Waals surface area contributed by atoms with Crippen LogP contribution in [0.1, 0.15) is 22.8 Å². The number of aromatic nitrogens is 1. The number of halogens is 3. The molecule has 0 atom stereocenters. The predicted octanol–water partition coefficient (Wildman–Crippen LogP) is 6.89. The number of alkyl halides is 3. The molecule has 38 heavy (non-hydrogen) atoms. The third-order valence-corrected chi connectivity index (χ3v) is 7.60. The first-order valence-corrected chi connectivity index (χ1v) is 13.2. The van der Waals surface area contributed by atoms with E-state index in [2.05, 4.69) is 21.5 Å². The Morgan fingerprint density at radius 2 is 1.55 bits per heavy atom. The van der Waals surface area contributed by atoms with E-state index in [0.29, 0.717) is 11.8 Å². The molecule has 0 saturated heterocycles. The molecule has 1 heterocycles. The second-order valence-electron chi connectivity index (χ2n) is 8.62. The van der Waals surface area contributed by atoms with Gasteiger partial charge in [0.2, 0.25) is 0 Å². The number of anilines is 2. The summed E-state index contributed by atoms with van der Waals surface area (Å²) in [5.41, 5.74) is 1.46. The molecule has 0 radical (unpaired) electrons. The molecule has 4 aromatic carbocycles. The SMILES string of the molecule is CCn1c2ccccc2c2cc(NC(=O)c3ccccc3NS(=O)(=O)c3cccc(C(F)(F)F)c3)ccc21. The van der Waals surface area contributed by atoms with Crippen molar-refractivity contribution in [2.45, 2.75) is 24.5 Å². The Hall–Kier alpha value is -4.31. The lowest BCUT2D eigenvalue weighted by Crippen LogP contribution is -2.19. The average Bonchev–Trinajstić information content (AvgIpc) is 3.21. The minimum Gasteiger partial charge on any atom is -0.341 e. The van der Waals surface area contributed by atoms with Crippen LogP contribution in [0.2, 0.25) is 0 Å². The number of amides is 1. The summed E-state index contributed by atoms with van der Waals surface area (Å²) in [5.74, 6) is -0.578. The number of benzene rings is 4. The first kappa shape index (κ1) is 25.3. The second-order valence-corrected chi connectivity index (χ2v) is 10.3. The Labute approximate surface area is 216 Å². The standard InChI is InChI=1S/C28H22F3N3O3S/c1-2-34-25-13-6-4-10-21(25)23-17-19(14-15-26(23)34)32-27(35)22-11-3-5-12-24(22)33-38(36,37)20-9-7-8-18(16-20)28(29,30)31/h3-17,33H,2H2,1H3,(H,32,35). The molecule has 6 nitrogen and oxygen atoms in total. The molecule has 0 aliphatic rings. The molecular weight excluding hydrogens is 515 g/mol. The van der Waals surface area contributed by atoms with E-state index in [1.165, 1.54) is 18.2 Å². The first-order valence-electron chi connectivity index (χ1n) is 11.7. The van der Waals surface area contributed by atoms with Gasteiger partial charge in [0, 0.05) is 34.0 Å². The van der Waals surface area contributed by atoms with Crippen molar-refractivity contribution in [3.63, 3.8) is 0 Å². The fourth-order valence-corrected chi connectivity index (χ4v) is 5.61. The van der Waals surface area contributed by atoms with E-state index in [1.54, 1.807) is 12.1 Å². The molecular formula is C28H22F3N3O3S. The van der Waals surface area contributed by atoms with Crippen molar-refractivity contribution >= 4 is 49.1 Å². The highest BCUT2D eigenvalue weighted by molar-refractivity contribution is 7.92. The number of carbonyl (C=O) groups is 1. The van der Waals surface area contributed by atoms with Crippen molar-refractivity contribution in [3.05, 3.63) is 102 Å². The number of hydrogen-bond donors (Lipinski definition) is 2. The third-order valence-electron chi connectivity index (χ3n) is 6.23. The number of fused-ring (bicyclic) bond motifs is 3. The Morgan fingerprint density at radius 3 is 2.32 bits per heavy atom. The fraction of sp³-hybridized carbons (Fsp3) is 0.107. The Morgan fingerprint density at radius 1 is 0.842 bits per heavy atom. The van der Waals surface area contributed by atoms with E-state index in [4.69, 9.17) is 0 Å². The van der Waals surface area contributed by atoms with E-state index in [9.17, 15) is 26.4 Å². The number of aryl methyl sites for hydroxylation is 1. The quantitative estimate of drug-likeness (QED) is 0.248. The number of nitrogens with one attached hydrogen (secondary N) is 2. The normalized spacial score (nSPS) is 12.1. The van der Waals surface area contributed by atoms with Gasteiger partial charge in [-0.05, 0) is 61.5 Å². The minimum atomic E-state index is -4.70. The topological polar surface area (TPSA) is 80.2 Å². The van der Waals surface area contributed by atoms with Crippen molar-refractivity contribution in [2.75, 3.05) is 10.0 Å². The van der Waals surface area contributed by atoms with Gasteiger partial charge in [-0.15, -0.1) is 0 Å². The lowest BCUT2D eigenvalue weighted by atomic mass is 10.1. The molecule has 0 aliphatic carbocycles.